The van der Waals surface area contributed by atoms with Gasteiger partial charge in [0.2, 0.25) is 11.5 Å². The summed E-state index contributed by atoms with van der Waals surface area (Å²) in [5.74, 6) is 0.0125. The first-order valence-corrected chi connectivity index (χ1v) is 5.98. The number of furan rings is 1. The smallest absolute Gasteiger partial charge is 0.373 e. The van der Waals surface area contributed by atoms with Gasteiger partial charge in [-0.25, -0.2) is 4.79 Å². The van der Waals surface area contributed by atoms with Crippen molar-refractivity contribution >= 4 is 11.8 Å². The molecule has 0 aliphatic rings. The van der Waals surface area contributed by atoms with Crippen molar-refractivity contribution in [1.29, 1.82) is 0 Å². The minimum absolute atomic E-state index is 0.0153. The van der Waals surface area contributed by atoms with E-state index >= 15 is 0 Å². The van der Waals surface area contributed by atoms with Gasteiger partial charge in [0.25, 0.3) is 0 Å². The number of ketones is 1. The second-order valence-electron chi connectivity index (χ2n) is 4.11. The molecule has 0 spiro atoms. The van der Waals surface area contributed by atoms with Crippen molar-refractivity contribution in [2.45, 2.75) is 6.42 Å². The molecule has 2 aromatic rings. The average Bonchev–Trinajstić information content (AvgIpc) is 2.96. The standard InChI is InChI=1S/C15H14O5/c1-18-11-5-3-4-10(8-11)9-12(16)13-6-7-14(20-13)15(17)19-2/h3-8H,9H2,1-2H3. The highest BCUT2D eigenvalue weighted by molar-refractivity contribution is 5.96. The minimum atomic E-state index is -0.606. The fourth-order valence-corrected chi connectivity index (χ4v) is 1.75. The van der Waals surface area contributed by atoms with E-state index in [9.17, 15) is 9.59 Å². The van der Waals surface area contributed by atoms with Gasteiger partial charge in [-0.2, -0.15) is 0 Å². The Labute approximate surface area is 116 Å². The molecule has 0 N–H and O–H groups in total. The summed E-state index contributed by atoms with van der Waals surface area (Å²) < 4.78 is 14.8. The highest BCUT2D eigenvalue weighted by Crippen LogP contribution is 2.16. The Balaban J connectivity index is 2.11. The molecule has 0 amide bonds. The summed E-state index contributed by atoms with van der Waals surface area (Å²) in [7, 11) is 2.82. The van der Waals surface area contributed by atoms with E-state index in [4.69, 9.17) is 9.15 Å². The normalized spacial score (nSPS) is 10.1. The van der Waals surface area contributed by atoms with Crippen LogP contribution in [0, 0.1) is 0 Å². The molecule has 5 nitrogen and oxygen atoms in total. The van der Waals surface area contributed by atoms with Crippen LogP contribution < -0.4 is 4.74 Å². The van der Waals surface area contributed by atoms with E-state index < -0.39 is 5.97 Å². The maximum absolute atomic E-state index is 12.1. The summed E-state index contributed by atoms with van der Waals surface area (Å²) in [4.78, 5) is 23.3. The molecule has 0 saturated heterocycles. The summed E-state index contributed by atoms with van der Waals surface area (Å²) in [5, 5.41) is 0. The van der Waals surface area contributed by atoms with Crippen LogP contribution in [0.15, 0.2) is 40.8 Å². The van der Waals surface area contributed by atoms with Crippen LogP contribution in [0.5, 0.6) is 5.75 Å². The Kier molecular flexibility index (Phi) is 4.20. The van der Waals surface area contributed by atoms with Crippen LogP contribution in [-0.4, -0.2) is 26.0 Å². The fourth-order valence-electron chi connectivity index (χ4n) is 1.75. The lowest BCUT2D eigenvalue weighted by Gasteiger charge is -2.02. The van der Waals surface area contributed by atoms with Gasteiger partial charge < -0.3 is 13.9 Å². The topological polar surface area (TPSA) is 65.7 Å². The predicted molar refractivity (Wildman–Crippen MR) is 71.1 cm³/mol. The van der Waals surface area contributed by atoms with E-state index in [-0.39, 0.29) is 23.7 Å². The molecule has 0 saturated carbocycles. The summed E-state index contributed by atoms with van der Waals surface area (Å²) in [6.45, 7) is 0. The molecule has 1 aromatic heterocycles. The molecule has 1 heterocycles. The third-order valence-electron chi connectivity index (χ3n) is 2.77. The van der Waals surface area contributed by atoms with Gasteiger partial charge in [-0.05, 0) is 29.8 Å². The molecule has 0 aliphatic carbocycles. The Morgan fingerprint density at radius 2 is 1.85 bits per heavy atom. The van der Waals surface area contributed by atoms with Gasteiger partial charge >= 0.3 is 5.97 Å². The Morgan fingerprint density at radius 3 is 2.55 bits per heavy atom. The minimum Gasteiger partial charge on any atom is -0.497 e. The Hall–Kier alpha value is -2.56. The van der Waals surface area contributed by atoms with Gasteiger partial charge in [0.15, 0.2) is 5.76 Å². The lowest BCUT2D eigenvalue weighted by Crippen LogP contribution is -2.03. The van der Waals surface area contributed by atoms with Crippen LogP contribution in [0.1, 0.15) is 26.7 Å². The second-order valence-corrected chi connectivity index (χ2v) is 4.11. The van der Waals surface area contributed by atoms with E-state index in [1.807, 2.05) is 12.1 Å². The monoisotopic (exact) mass is 274 g/mol. The fraction of sp³-hybridized carbons (Fsp3) is 0.200. The zero-order chi connectivity index (χ0) is 14.5. The molecule has 104 valence electrons. The maximum atomic E-state index is 12.1. The van der Waals surface area contributed by atoms with Gasteiger partial charge in [-0.3, -0.25) is 4.79 Å². The molecular weight excluding hydrogens is 260 g/mol. The number of benzene rings is 1. The molecule has 0 unspecified atom stereocenters. The molecule has 5 heteroatoms. The first-order chi connectivity index (χ1) is 9.63. The number of esters is 1. The van der Waals surface area contributed by atoms with Crippen LogP contribution in [0.25, 0.3) is 0 Å². The average molecular weight is 274 g/mol. The Bertz CT molecular complexity index is 627. The molecule has 1 aromatic carbocycles. The van der Waals surface area contributed by atoms with E-state index in [1.54, 1.807) is 19.2 Å². The van der Waals surface area contributed by atoms with Gasteiger partial charge in [-0.15, -0.1) is 0 Å². The van der Waals surface area contributed by atoms with E-state index in [1.165, 1.54) is 19.2 Å². The molecule has 20 heavy (non-hydrogen) atoms. The number of ether oxygens (including phenoxy) is 2. The molecule has 2 rings (SSSR count). The van der Waals surface area contributed by atoms with E-state index in [2.05, 4.69) is 4.74 Å². The van der Waals surface area contributed by atoms with Crippen LogP contribution in [-0.2, 0) is 11.2 Å². The highest BCUT2D eigenvalue weighted by atomic mass is 16.5. The van der Waals surface area contributed by atoms with E-state index in [0.717, 1.165) is 5.56 Å². The zero-order valence-electron chi connectivity index (χ0n) is 11.2. The van der Waals surface area contributed by atoms with Gasteiger partial charge in [0.05, 0.1) is 14.2 Å². The van der Waals surface area contributed by atoms with Crippen LogP contribution >= 0.6 is 0 Å². The third kappa shape index (κ3) is 3.06. The first-order valence-electron chi connectivity index (χ1n) is 5.98. The number of methoxy groups -OCH3 is 2. The van der Waals surface area contributed by atoms with Crippen molar-refractivity contribution < 1.29 is 23.5 Å². The zero-order valence-corrected chi connectivity index (χ0v) is 11.2. The lowest BCUT2D eigenvalue weighted by atomic mass is 10.1. The van der Waals surface area contributed by atoms with Gasteiger partial charge in [0.1, 0.15) is 5.75 Å². The van der Waals surface area contributed by atoms with Gasteiger partial charge in [-0.1, -0.05) is 12.1 Å². The number of Topliss-reactive ketones (excluding diaryl/α,β-unsaturated/α-hetero) is 1. The quantitative estimate of drug-likeness (QED) is 0.619. The number of carbonyl (C=O) groups is 2. The maximum Gasteiger partial charge on any atom is 0.373 e. The van der Waals surface area contributed by atoms with Crippen molar-refractivity contribution in [2.24, 2.45) is 0 Å². The summed E-state index contributed by atoms with van der Waals surface area (Å²) in [5.41, 5.74) is 0.811. The molecule has 0 atom stereocenters. The first kappa shape index (κ1) is 13.9. The number of hydrogen-bond acceptors (Lipinski definition) is 5. The van der Waals surface area contributed by atoms with Gasteiger partial charge in [0, 0.05) is 6.42 Å². The lowest BCUT2D eigenvalue weighted by molar-refractivity contribution is 0.0563. The van der Waals surface area contributed by atoms with Crippen LogP contribution in [0.4, 0.5) is 0 Å². The largest absolute Gasteiger partial charge is 0.497 e. The van der Waals surface area contributed by atoms with Crippen LogP contribution in [0.2, 0.25) is 0 Å². The third-order valence-corrected chi connectivity index (χ3v) is 2.77. The molecule has 0 fully saturated rings. The second kappa shape index (κ2) is 6.06. The predicted octanol–water partition coefficient (Wildman–Crippen LogP) is 2.50. The number of rotatable bonds is 5. The molecular formula is C15H14O5. The summed E-state index contributed by atoms with van der Waals surface area (Å²) in [6, 6.07) is 10.1. The SMILES string of the molecule is COC(=O)c1ccc(C(=O)Cc2cccc(OC)c2)o1. The number of carbonyl (C=O) groups excluding carboxylic acids is 2. The van der Waals surface area contributed by atoms with Crippen LogP contribution in [0.3, 0.4) is 0 Å². The van der Waals surface area contributed by atoms with Crippen molar-refractivity contribution in [3.05, 3.63) is 53.5 Å². The van der Waals surface area contributed by atoms with Crippen molar-refractivity contribution in [3.8, 4) is 5.75 Å². The number of hydrogen-bond donors (Lipinski definition) is 0. The van der Waals surface area contributed by atoms with Crippen molar-refractivity contribution in [3.63, 3.8) is 0 Å². The van der Waals surface area contributed by atoms with E-state index in [0.29, 0.717) is 5.75 Å². The molecule has 0 aliphatic heterocycles. The Morgan fingerprint density at radius 1 is 1.10 bits per heavy atom. The summed E-state index contributed by atoms with van der Waals surface area (Å²) >= 11 is 0. The highest BCUT2D eigenvalue weighted by Gasteiger charge is 2.16. The summed E-state index contributed by atoms with van der Waals surface area (Å²) in [6.07, 6.45) is 0.172. The van der Waals surface area contributed by atoms with Crippen molar-refractivity contribution in [2.75, 3.05) is 14.2 Å². The van der Waals surface area contributed by atoms with Crippen molar-refractivity contribution in [1.82, 2.24) is 0 Å². The molecule has 0 bridgehead atoms. The molecule has 0 radical (unpaired) electrons.